The monoisotopic (exact) mass is 375 g/mol. The summed E-state index contributed by atoms with van der Waals surface area (Å²) in [6.45, 7) is 5.03. The summed E-state index contributed by atoms with van der Waals surface area (Å²) in [5.41, 5.74) is 0.733. The molecule has 0 aliphatic rings. The second-order valence-corrected chi connectivity index (χ2v) is 7.28. The van der Waals surface area contributed by atoms with E-state index in [0.29, 0.717) is 27.7 Å². The van der Waals surface area contributed by atoms with E-state index in [1.165, 1.54) is 11.0 Å². The molecular formula is C16H17N5O4S. The van der Waals surface area contributed by atoms with Gasteiger partial charge in [-0.15, -0.1) is 16.4 Å². The van der Waals surface area contributed by atoms with Gasteiger partial charge in [-0.2, -0.15) is 4.68 Å². The van der Waals surface area contributed by atoms with E-state index < -0.39 is 11.6 Å². The van der Waals surface area contributed by atoms with Gasteiger partial charge in [-0.1, -0.05) is 0 Å². The van der Waals surface area contributed by atoms with Crippen LogP contribution in [0.2, 0.25) is 0 Å². The van der Waals surface area contributed by atoms with Gasteiger partial charge in [0.1, 0.15) is 34.3 Å². The van der Waals surface area contributed by atoms with Gasteiger partial charge in [0.2, 0.25) is 0 Å². The van der Waals surface area contributed by atoms with Crippen molar-refractivity contribution in [2.24, 2.45) is 0 Å². The largest absolute Gasteiger partial charge is 0.488 e. The molecule has 0 unspecified atom stereocenters. The molecule has 2 aromatic heterocycles. The molecule has 26 heavy (non-hydrogen) atoms. The number of hydrogen-bond acceptors (Lipinski definition) is 8. The molecule has 0 radical (unpaired) electrons. The molecule has 136 valence electrons. The molecule has 0 aliphatic carbocycles. The Balaban J connectivity index is 2.02. The second kappa shape index (κ2) is 6.81. The molecule has 1 aromatic carbocycles. The summed E-state index contributed by atoms with van der Waals surface area (Å²) < 4.78 is 7.14. The average Bonchev–Trinajstić information content (AvgIpc) is 3.21. The summed E-state index contributed by atoms with van der Waals surface area (Å²) in [4.78, 5) is 15.8. The van der Waals surface area contributed by atoms with E-state index in [-0.39, 0.29) is 11.5 Å². The van der Waals surface area contributed by atoms with Crippen LogP contribution in [0, 0.1) is 6.92 Å². The van der Waals surface area contributed by atoms with Crippen LogP contribution in [0.4, 0.5) is 0 Å². The predicted octanol–water partition coefficient (Wildman–Crippen LogP) is 1.94. The topological polar surface area (TPSA) is 123 Å². The van der Waals surface area contributed by atoms with E-state index in [4.69, 9.17) is 4.74 Å². The first kappa shape index (κ1) is 18.0. The highest BCUT2D eigenvalue weighted by molar-refractivity contribution is 7.17. The minimum atomic E-state index is -1.00. The minimum Gasteiger partial charge on any atom is -0.488 e. The third kappa shape index (κ3) is 3.86. The van der Waals surface area contributed by atoms with Gasteiger partial charge in [-0.3, -0.25) is 0 Å². The Morgan fingerprint density at radius 3 is 2.73 bits per heavy atom. The van der Waals surface area contributed by atoms with Gasteiger partial charge in [0.25, 0.3) is 0 Å². The molecule has 0 bridgehead atoms. The Morgan fingerprint density at radius 2 is 2.15 bits per heavy atom. The van der Waals surface area contributed by atoms with Crippen LogP contribution in [-0.4, -0.2) is 53.6 Å². The lowest BCUT2D eigenvalue weighted by molar-refractivity contribution is 0.0284. The van der Waals surface area contributed by atoms with Gasteiger partial charge < -0.3 is 14.9 Å². The summed E-state index contributed by atoms with van der Waals surface area (Å²) >= 11 is 1.10. The van der Waals surface area contributed by atoms with Gasteiger partial charge in [0.05, 0.1) is 11.3 Å². The molecule has 9 nitrogen and oxygen atoms in total. The van der Waals surface area contributed by atoms with E-state index >= 15 is 0 Å². The van der Waals surface area contributed by atoms with E-state index in [0.717, 1.165) is 11.3 Å². The van der Waals surface area contributed by atoms with Crippen LogP contribution in [0.3, 0.4) is 0 Å². The number of aryl methyl sites for hydroxylation is 1. The van der Waals surface area contributed by atoms with Gasteiger partial charge in [-0.05, 0) is 49.4 Å². The number of rotatable bonds is 6. The number of carbonyl (C=O) groups is 1. The Morgan fingerprint density at radius 1 is 1.38 bits per heavy atom. The zero-order valence-electron chi connectivity index (χ0n) is 14.4. The number of ether oxygens (including phenoxy) is 1. The fourth-order valence-corrected chi connectivity index (χ4v) is 3.10. The third-order valence-electron chi connectivity index (χ3n) is 3.37. The van der Waals surface area contributed by atoms with Gasteiger partial charge >= 0.3 is 5.97 Å². The molecule has 0 amide bonds. The van der Waals surface area contributed by atoms with Gasteiger partial charge in [0.15, 0.2) is 0 Å². The van der Waals surface area contributed by atoms with Crippen LogP contribution in [-0.2, 0) is 0 Å². The van der Waals surface area contributed by atoms with E-state index in [2.05, 4.69) is 20.5 Å². The van der Waals surface area contributed by atoms with Crippen molar-refractivity contribution in [3.63, 3.8) is 0 Å². The van der Waals surface area contributed by atoms with E-state index in [9.17, 15) is 15.0 Å². The number of benzene rings is 1. The number of aromatic carboxylic acids is 1. The van der Waals surface area contributed by atoms with Crippen molar-refractivity contribution in [1.82, 2.24) is 25.2 Å². The quantitative estimate of drug-likeness (QED) is 0.670. The number of carboxylic acid groups (broad SMARTS) is 1. The van der Waals surface area contributed by atoms with Crippen LogP contribution in [0.1, 0.15) is 29.2 Å². The van der Waals surface area contributed by atoms with Crippen molar-refractivity contribution >= 4 is 17.3 Å². The highest BCUT2D eigenvalue weighted by Gasteiger charge is 2.19. The number of thiazole rings is 1. The standard InChI is InChI=1S/C16H17N5O4S/c1-9-13(15(22)23)26-14(18-9)10-4-5-12(25-7-16(2,3)24)11(6-10)21-8-17-19-20-21/h4-6,8,24H,7H2,1-3H3,(H,22,23). The molecular weight excluding hydrogens is 358 g/mol. The van der Waals surface area contributed by atoms with Gasteiger partial charge in [0, 0.05) is 5.56 Å². The van der Waals surface area contributed by atoms with Crippen LogP contribution < -0.4 is 4.74 Å². The van der Waals surface area contributed by atoms with E-state index in [1.54, 1.807) is 39.0 Å². The van der Waals surface area contributed by atoms with Crippen molar-refractivity contribution < 1.29 is 19.7 Å². The lowest BCUT2D eigenvalue weighted by atomic mass is 10.1. The average molecular weight is 375 g/mol. The molecule has 3 aromatic rings. The second-order valence-electron chi connectivity index (χ2n) is 6.28. The fourth-order valence-electron chi connectivity index (χ4n) is 2.20. The molecule has 2 N–H and O–H groups in total. The van der Waals surface area contributed by atoms with Crippen molar-refractivity contribution in [3.05, 3.63) is 35.1 Å². The zero-order chi connectivity index (χ0) is 18.9. The lowest BCUT2D eigenvalue weighted by Crippen LogP contribution is -2.28. The van der Waals surface area contributed by atoms with Crippen molar-refractivity contribution in [1.29, 1.82) is 0 Å². The Bertz CT molecular complexity index is 931. The zero-order valence-corrected chi connectivity index (χ0v) is 15.2. The van der Waals surface area contributed by atoms with Crippen molar-refractivity contribution in [2.75, 3.05) is 6.61 Å². The Kier molecular flexibility index (Phi) is 4.70. The first-order valence-electron chi connectivity index (χ1n) is 7.68. The van der Waals surface area contributed by atoms with Crippen LogP contribution in [0.15, 0.2) is 24.5 Å². The molecule has 0 saturated carbocycles. The summed E-state index contributed by atoms with van der Waals surface area (Å²) in [5, 5.41) is 30.8. The highest BCUT2D eigenvalue weighted by Crippen LogP contribution is 2.33. The van der Waals surface area contributed by atoms with Crippen LogP contribution >= 0.6 is 11.3 Å². The normalized spacial score (nSPS) is 11.5. The Labute approximate surface area is 152 Å². The molecule has 0 atom stereocenters. The number of carboxylic acids is 1. The summed E-state index contributed by atoms with van der Waals surface area (Å²) in [6, 6.07) is 5.26. The maximum Gasteiger partial charge on any atom is 0.347 e. The maximum absolute atomic E-state index is 11.2. The minimum absolute atomic E-state index is 0.0843. The number of tetrazole rings is 1. The maximum atomic E-state index is 11.2. The molecule has 0 fully saturated rings. The molecule has 0 spiro atoms. The first-order valence-corrected chi connectivity index (χ1v) is 8.50. The highest BCUT2D eigenvalue weighted by atomic mass is 32.1. The van der Waals surface area contributed by atoms with Crippen molar-refractivity contribution in [3.8, 4) is 22.0 Å². The lowest BCUT2D eigenvalue weighted by Gasteiger charge is -2.19. The molecule has 10 heteroatoms. The van der Waals surface area contributed by atoms with E-state index in [1.807, 2.05) is 0 Å². The fraction of sp³-hybridized carbons (Fsp3) is 0.312. The van der Waals surface area contributed by atoms with Crippen LogP contribution in [0.25, 0.3) is 16.3 Å². The Hall–Kier alpha value is -2.85. The first-order chi connectivity index (χ1) is 12.2. The number of aromatic nitrogens is 5. The van der Waals surface area contributed by atoms with Crippen LogP contribution in [0.5, 0.6) is 5.75 Å². The number of aliphatic hydroxyl groups is 1. The SMILES string of the molecule is Cc1nc(-c2ccc(OCC(C)(C)O)c(-n3cnnn3)c2)sc1C(=O)O. The smallest absolute Gasteiger partial charge is 0.347 e. The summed E-state index contributed by atoms with van der Waals surface area (Å²) in [6.07, 6.45) is 1.42. The molecule has 0 aliphatic heterocycles. The van der Waals surface area contributed by atoms with Gasteiger partial charge in [-0.25, -0.2) is 9.78 Å². The number of nitrogens with zero attached hydrogens (tertiary/aromatic N) is 5. The summed E-state index contributed by atoms with van der Waals surface area (Å²) in [7, 11) is 0. The third-order valence-corrected chi connectivity index (χ3v) is 4.57. The number of hydrogen-bond donors (Lipinski definition) is 2. The molecule has 3 rings (SSSR count). The summed E-state index contributed by atoms with van der Waals surface area (Å²) in [5.74, 6) is -0.521. The predicted molar refractivity (Wildman–Crippen MR) is 93.8 cm³/mol. The molecule has 0 saturated heterocycles. The van der Waals surface area contributed by atoms with Crippen molar-refractivity contribution in [2.45, 2.75) is 26.4 Å². The molecule has 2 heterocycles.